The van der Waals surface area contributed by atoms with Gasteiger partial charge >= 0.3 is 0 Å². The molecule has 2 aliphatic carbocycles. The van der Waals surface area contributed by atoms with E-state index in [4.69, 9.17) is 0 Å². The molecular formula is C15H26O. The van der Waals surface area contributed by atoms with Gasteiger partial charge in [0.15, 0.2) is 0 Å². The number of aliphatic hydroxyl groups is 1. The van der Waals surface area contributed by atoms with Crippen molar-refractivity contribution in [2.75, 3.05) is 0 Å². The molecule has 1 N–H and O–H groups in total. The SMILES string of the molecule is CC1=CC(C(C)(C)O)CCC2C(C)CCC12. The molecule has 0 radical (unpaired) electrons. The van der Waals surface area contributed by atoms with E-state index < -0.39 is 5.60 Å². The fourth-order valence-corrected chi connectivity index (χ4v) is 3.77. The average Bonchev–Trinajstić information content (AvgIpc) is 2.42. The minimum absolute atomic E-state index is 0.352. The van der Waals surface area contributed by atoms with Crippen molar-refractivity contribution in [3.63, 3.8) is 0 Å². The summed E-state index contributed by atoms with van der Waals surface area (Å²) < 4.78 is 0. The van der Waals surface area contributed by atoms with Crippen molar-refractivity contribution in [3.8, 4) is 0 Å². The monoisotopic (exact) mass is 222 g/mol. The number of hydrogen-bond donors (Lipinski definition) is 1. The smallest absolute Gasteiger partial charge is 0.0654 e. The van der Waals surface area contributed by atoms with Crippen LogP contribution in [0.15, 0.2) is 11.6 Å². The van der Waals surface area contributed by atoms with Crippen molar-refractivity contribution in [3.05, 3.63) is 11.6 Å². The first-order chi connectivity index (χ1) is 7.39. The Bertz CT molecular complexity index is 284. The third kappa shape index (κ3) is 2.20. The lowest BCUT2D eigenvalue weighted by Gasteiger charge is -2.27. The Morgan fingerprint density at radius 3 is 2.50 bits per heavy atom. The predicted molar refractivity (Wildman–Crippen MR) is 68.2 cm³/mol. The molecule has 0 saturated heterocycles. The third-order valence-electron chi connectivity index (χ3n) is 4.95. The summed E-state index contributed by atoms with van der Waals surface area (Å²) >= 11 is 0. The van der Waals surface area contributed by atoms with Crippen molar-refractivity contribution < 1.29 is 5.11 Å². The highest BCUT2D eigenvalue weighted by Crippen LogP contribution is 2.47. The quantitative estimate of drug-likeness (QED) is 0.669. The Morgan fingerprint density at radius 1 is 1.19 bits per heavy atom. The zero-order valence-corrected chi connectivity index (χ0v) is 11.2. The second-order valence-corrected chi connectivity index (χ2v) is 6.57. The van der Waals surface area contributed by atoms with E-state index in [1.807, 2.05) is 13.8 Å². The predicted octanol–water partition coefficient (Wildman–Crippen LogP) is 3.78. The van der Waals surface area contributed by atoms with Gasteiger partial charge in [-0.05, 0) is 64.2 Å². The molecule has 1 nitrogen and oxygen atoms in total. The molecule has 1 heteroatoms. The van der Waals surface area contributed by atoms with E-state index in [2.05, 4.69) is 19.9 Å². The number of rotatable bonds is 1. The minimum Gasteiger partial charge on any atom is -0.390 e. The van der Waals surface area contributed by atoms with E-state index in [1.54, 1.807) is 5.57 Å². The van der Waals surface area contributed by atoms with E-state index in [0.717, 1.165) is 24.2 Å². The number of hydrogen-bond acceptors (Lipinski definition) is 1. The van der Waals surface area contributed by atoms with Crippen molar-refractivity contribution in [1.82, 2.24) is 0 Å². The molecule has 0 aromatic heterocycles. The van der Waals surface area contributed by atoms with Gasteiger partial charge in [0.2, 0.25) is 0 Å². The molecule has 92 valence electrons. The molecule has 0 heterocycles. The van der Waals surface area contributed by atoms with Gasteiger partial charge in [-0.3, -0.25) is 0 Å². The van der Waals surface area contributed by atoms with Gasteiger partial charge in [-0.25, -0.2) is 0 Å². The molecule has 0 aromatic rings. The molecule has 1 saturated carbocycles. The van der Waals surface area contributed by atoms with E-state index in [0.29, 0.717) is 5.92 Å². The van der Waals surface area contributed by atoms with Gasteiger partial charge in [0.05, 0.1) is 5.60 Å². The van der Waals surface area contributed by atoms with Gasteiger partial charge < -0.3 is 5.11 Å². The second kappa shape index (κ2) is 4.18. The van der Waals surface area contributed by atoms with Crippen LogP contribution < -0.4 is 0 Å². The van der Waals surface area contributed by atoms with Crippen LogP contribution in [0.2, 0.25) is 0 Å². The van der Waals surface area contributed by atoms with E-state index >= 15 is 0 Å². The molecular weight excluding hydrogens is 196 g/mol. The van der Waals surface area contributed by atoms with Gasteiger partial charge in [-0.2, -0.15) is 0 Å². The summed E-state index contributed by atoms with van der Waals surface area (Å²) in [6, 6.07) is 0. The maximum absolute atomic E-state index is 10.2. The van der Waals surface area contributed by atoms with Crippen LogP contribution in [0.5, 0.6) is 0 Å². The first-order valence-electron chi connectivity index (χ1n) is 6.80. The fraction of sp³-hybridized carbons (Fsp3) is 0.867. The van der Waals surface area contributed by atoms with Gasteiger partial charge in [0, 0.05) is 5.92 Å². The minimum atomic E-state index is -0.552. The van der Waals surface area contributed by atoms with Crippen molar-refractivity contribution in [1.29, 1.82) is 0 Å². The largest absolute Gasteiger partial charge is 0.390 e. The molecule has 0 aromatic carbocycles. The highest BCUT2D eigenvalue weighted by Gasteiger charge is 2.38. The lowest BCUT2D eigenvalue weighted by atomic mass is 9.83. The topological polar surface area (TPSA) is 20.2 Å². The van der Waals surface area contributed by atoms with Crippen molar-refractivity contribution in [2.45, 2.75) is 59.0 Å². The molecule has 0 amide bonds. The Balaban J connectivity index is 2.20. The lowest BCUT2D eigenvalue weighted by molar-refractivity contribution is 0.0316. The molecule has 1 fully saturated rings. The number of allylic oxidation sites excluding steroid dienone is 1. The molecule has 2 rings (SSSR count). The van der Waals surface area contributed by atoms with Gasteiger partial charge in [0.1, 0.15) is 0 Å². The first-order valence-corrected chi connectivity index (χ1v) is 6.80. The summed E-state index contributed by atoms with van der Waals surface area (Å²) in [5.41, 5.74) is 0.988. The van der Waals surface area contributed by atoms with Crippen molar-refractivity contribution in [2.24, 2.45) is 23.7 Å². The summed E-state index contributed by atoms with van der Waals surface area (Å²) in [7, 11) is 0. The summed E-state index contributed by atoms with van der Waals surface area (Å²) in [6.45, 7) is 8.58. The van der Waals surface area contributed by atoms with Crippen LogP contribution in [0.25, 0.3) is 0 Å². The highest BCUT2D eigenvalue weighted by atomic mass is 16.3. The standard InChI is InChI=1S/C15H26O/c1-10-5-7-14-11(2)9-12(15(3,4)16)6-8-13(10)14/h9-10,12-14,16H,5-8H2,1-4H3. The van der Waals surface area contributed by atoms with Gasteiger partial charge in [-0.15, -0.1) is 0 Å². The number of fused-ring (bicyclic) bond motifs is 1. The zero-order valence-electron chi connectivity index (χ0n) is 11.2. The van der Waals surface area contributed by atoms with Gasteiger partial charge in [-0.1, -0.05) is 18.6 Å². The molecule has 0 bridgehead atoms. The molecule has 2 aliphatic rings. The Kier molecular flexibility index (Phi) is 3.18. The van der Waals surface area contributed by atoms with Crippen LogP contribution >= 0.6 is 0 Å². The first kappa shape index (κ1) is 12.2. The maximum Gasteiger partial charge on any atom is 0.0654 e. The van der Waals surface area contributed by atoms with Crippen LogP contribution in [0.1, 0.15) is 53.4 Å². The van der Waals surface area contributed by atoms with Crippen LogP contribution in [-0.2, 0) is 0 Å². The molecule has 16 heavy (non-hydrogen) atoms. The summed E-state index contributed by atoms with van der Waals surface area (Å²) in [5.74, 6) is 2.92. The summed E-state index contributed by atoms with van der Waals surface area (Å²) in [6.07, 6.45) is 7.59. The molecule has 0 spiro atoms. The van der Waals surface area contributed by atoms with Crippen molar-refractivity contribution >= 4 is 0 Å². The maximum atomic E-state index is 10.2. The Hall–Kier alpha value is -0.300. The van der Waals surface area contributed by atoms with E-state index in [1.165, 1.54) is 19.3 Å². The second-order valence-electron chi connectivity index (χ2n) is 6.57. The Labute approximate surface area is 99.9 Å². The molecule has 0 aliphatic heterocycles. The summed E-state index contributed by atoms with van der Waals surface area (Å²) in [4.78, 5) is 0. The van der Waals surface area contributed by atoms with Crippen LogP contribution in [0.4, 0.5) is 0 Å². The summed E-state index contributed by atoms with van der Waals surface area (Å²) in [5, 5.41) is 10.2. The normalized spacial score (nSPS) is 40.2. The van der Waals surface area contributed by atoms with Crippen LogP contribution in [0, 0.1) is 23.7 Å². The fourth-order valence-electron chi connectivity index (χ4n) is 3.77. The molecule has 4 atom stereocenters. The highest BCUT2D eigenvalue weighted by molar-refractivity contribution is 5.14. The third-order valence-corrected chi connectivity index (χ3v) is 4.95. The van der Waals surface area contributed by atoms with E-state index in [-0.39, 0.29) is 0 Å². The molecule has 4 unspecified atom stereocenters. The van der Waals surface area contributed by atoms with Crippen LogP contribution in [-0.4, -0.2) is 10.7 Å². The average molecular weight is 222 g/mol. The zero-order chi connectivity index (χ0) is 11.9. The van der Waals surface area contributed by atoms with E-state index in [9.17, 15) is 5.11 Å². The lowest BCUT2D eigenvalue weighted by Crippen LogP contribution is -2.29. The van der Waals surface area contributed by atoms with Crippen LogP contribution in [0.3, 0.4) is 0 Å². The van der Waals surface area contributed by atoms with Gasteiger partial charge in [0.25, 0.3) is 0 Å². The Morgan fingerprint density at radius 2 is 1.88 bits per heavy atom.